The molecular formula is C12H22N4O. The van der Waals surface area contributed by atoms with Crippen LogP contribution < -0.4 is 10.6 Å². The minimum absolute atomic E-state index is 0.237. The number of aliphatic hydroxyl groups is 1. The SMILES string of the molecule is CCNc1nc(C)cc(NCCC(O)CC)n1. The fourth-order valence-corrected chi connectivity index (χ4v) is 1.47. The van der Waals surface area contributed by atoms with Crippen molar-refractivity contribution in [1.82, 2.24) is 9.97 Å². The molecule has 5 nitrogen and oxygen atoms in total. The van der Waals surface area contributed by atoms with Gasteiger partial charge in [-0.3, -0.25) is 0 Å². The number of nitrogens with one attached hydrogen (secondary N) is 2. The number of aryl methyl sites for hydroxylation is 1. The normalized spacial score (nSPS) is 12.2. The highest BCUT2D eigenvalue weighted by Crippen LogP contribution is 2.09. The highest BCUT2D eigenvalue weighted by atomic mass is 16.3. The molecule has 0 saturated carbocycles. The third kappa shape index (κ3) is 4.99. The topological polar surface area (TPSA) is 70.1 Å². The summed E-state index contributed by atoms with van der Waals surface area (Å²) >= 11 is 0. The Kier molecular flexibility index (Phi) is 5.69. The van der Waals surface area contributed by atoms with E-state index in [1.807, 2.05) is 26.8 Å². The Morgan fingerprint density at radius 3 is 2.71 bits per heavy atom. The summed E-state index contributed by atoms with van der Waals surface area (Å²) in [5.74, 6) is 1.45. The molecule has 0 saturated heterocycles. The zero-order chi connectivity index (χ0) is 12.7. The fraction of sp³-hybridized carbons (Fsp3) is 0.667. The van der Waals surface area contributed by atoms with Crippen molar-refractivity contribution in [2.24, 2.45) is 0 Å². The van der Waals surface area contributed by atoms with E-state index in [1.54, 1.807) is 0 Å². The molecule has 0 radical (unpaired) electrons. The van der Waals surface area contributed by atoms with Gasteiger partial charge in [0.25, 0.3) is 0 Å². The molecule has 1 heterocycles. The van der Waals surface area contributed by atoms with Crippen LogP contribution >= 0.6 is 0 Å². The molecule has 96 valence electrons. The maximum atomic E-state index is 9.44. The monoisotopic (exact) mass is 238 g/mol. The first-order valence-corrected chi connectivity index (χ1v) is 6.17. The van der Waals surface area contributed by atoms with E-state index in [0.29, 0.717) is 5.95 Å². The van der Waals surface area contributed by atoms with E-state index >= 15 is 0 Å². The predicted molar refractivity (Wildman–Crippen MR) is 70.3 cm³/mol. The molecule has 5 heteroatoms. The Hall–Kier alpha value is -1.36. The Morgan fingerprint density at radius 2 is 2.06 bits per heavy atom. The van der Waals surface area contributed by atoms with Crippen molar-refractivity contribution in [3.63, 3.8) is 0 Å². The van der Waals surface area contributed by atoms with Gasteiger partial charge in [-0.2, -0.15) is 4.98 Å². The van der Waals surface area contributed by atoms with Gasteiger partial charge in [-0.25, -0.2) is 4.98 Å². The average Bonchev–Trinajstić information content (AvgIpc) is 2.28. The Labute approximate surface area is 103 Å². The first kappa shape index (κ1) is 13.7. The number of hydrogen-bond donors (Lipinski definition) is 3. The van der Waals surface area contributed by atoms with Crippen LogP contribution in [0.3, 0.4) is 0 Å². The van der Waals surface area contributed by atoms with Crippen molar-refractivity contribution in [3.8, 4) is 0 Å². The van der Waals surface area contributed by atoms with E-state index < -0.39 is 0 Å². The maximum absolute atomic E-state index is 9.44. The molecule has 1 rings (SSSR count). The molecule has 1 atom stereocenters. The van der Waals surface area contributed by atoms with Crippen LogP contribution in [0.25, 0.3) is 0 Å². The van der Waals surface area contributed by atoms with Crippen molar-refractivity contribution in [2.75, 3.05) is 23.7 Å². The molecule has 3 N–H and O–H groups in total. The summed E-state index contributed by atoms with van der Waals surface area (Å²) in [6.45, 7) is 7.45. The molecule has 17 heavy (non-hydrogen) atoms. The van der Waals surface area contributed by atoms with Crippen LogP contribution in [0, 0.1) is 6.92 Å². The number of nitrogens with zero attached hydrogens (tertiary/aromatic N) is 2. The molecular weight excluding hydrogens is 216 g/mol. The number of rotatable bonds is 7. The standard InChI is InChI=1S/C12H22N4O/c1-4-10(17)6-7-14-11-8-9(3)15-12(16-11)13-5-2/h8,10,17H,4-7H2,1-3H3,(H2,13,14,15,16). The van der Waals surface area contributed by atoms with Crippen LogP contribution in [0.15, 0.2) is 6.07 Å². The highest BCUT2D eigenvalue weighted by molar-refractivity contribution is 5.41. The van der Waals surface area contributed by atoms with Gasteiger partial charge in [0.1, 0.15) is 5.82 Å². The van der Waals surface area contributed by atoms with E-state index in [2.05, 4.69) is 20.6 Å². The zero-order valence-corrected chi connectivity index (χ0v) is 10.8. The van der Waals surface area contributed by atoms with E-state index in [-0.39, 0.29) is 6.10 Å². The second-order valence-corrected chi connectivity index (χ2v) is 4.03. The number of aliphatic hydroxyl groups excluding tert-OH is 1. The van der Waals surface area contributed by atoms with Gasteiger partial charge in [0.05, 0.1) is 6.10 Å². The maximum Gasteiger partial charge on any atom is 0.224 e. The second-order valence-electron chi connectivity index (χ2n) is 4.03. The fourth-order valence-electron chi connectivity index (χ4n) is 1.47. The van der Waals surface area contributed by atoms with Gasteiger partial charge < -0.3 is 15.7 Å². The molecule has 0 aliphatic rings. The molecule has 0 spiro atoms. The molecule has 0 aliphatic carbocycles. The molecule has 0 amide bonds. The van der Waals surface area contributed by atoms with Crippen LogP contribution in [0.4, 0.5) is 11.8 Å². The van der Waals surface area contributed by atoms with Gasteiger partial charge in [-0.15, -0.1) is 0 Å². The third-order valence-electron chi connectivity index (χ3n) is 2.44. The largest absolute Gasteiger partial charge is 0.393 e. The highest BCUT2D eigenvalue weighted by Gasteiger charge is 2.03. The van der Waals surface area contributed by atoms with Crippen LogP contribution in [0.5, 0.6) is 0 Å². The van der Waals surface area contributed by atoms with Crippen molar-refractivity contribution in [2.45, 2.75) is 39.7 Å². The molecule has 1 aromatic heterocycles. The second kappa shape index (κ2) is 7.06. The van der Waals surface area contributed by atoms with Crippen LogP contribution in [-0.4, -0.2) is 34.3 Å². The quantitative estimate of drug-likeness (QED) is 0.675. The Balaban J connectivity index is 2.52. The first-order chi connectivity index (χ1) is 8.15. The van der Waals surface area contributed by atoms with Crippen molar-refractivity contribution in [3.05, 3.63) is 11.8 Å². The minimum Gasteiger partial charge on any atom is -0.393 e. The molecule has 1 unspecified atom stereocenters. The van der Waals surface area contributed by atoms with E-state index in [9.17, 15) is 5.11 Å². The summed E-state index contributed by atoms with van der Waals surface area (Å²) < 4.78 is 0. The van der Waals surface area contributed by atoms with Gasteiger partial charge >= 0.3 is 0 Å². The lowest BCUT2D eigenvalue weighted by molar-refractivity contribution is 0.164. The molecule has 0 fully saturated rings. The molecule has 0 aromatic carbocycles. The summed E-state index contributed by atoms with van der Waals surface area (Å²) in [6, 6.07) is 1.90. The first-order valence-electron chi connectivity index (χ1n) is 6.17. The van der Waals surface area contributed by atoms with Crippen molar-refractivity contribution < 1.29 is 5.11 Å². The molecule has 1 aromatic rings. The van der Waals surface area contributed by atoms with Crippen molar-refractivity contribution in [1.29, 1.82) is 0 Å². The lowest BCUT2D eigenvalue weighted by atomic mass is 10.2. The molecule has 0 aliphatic heterocycles. The predicted octanol–water partition coefficient (Wildman–Crippen LogP) is 1.79. The van der Waals surface area contributed by atoms with Gasteiger partial charge in [0.15, 0.2) is 0 Å². The van der Waals surface area contributed by atoms with Crippen LogP contribution in [0.2, 0.25) is 0 Å². The van der Waals surface area contributed by atoms with Gasteiger partial charge in [-0.05, 0) is 26.7 Å². The Bertz CT molecular complexity index is 343. The Morgan fingerprint density at radius 1 is 1.29 bits per heavy atom. The van der Waals surface area contributed by atoms with Crippen molar-refractivity contribution >= 4 is 11.8 Å². The number of aromatic nitrogens is 2. The van der Waals surface area contributed by atoms with Gasteiger partial charge in [0, 0.05) is 24.8 Å². The number of anilines is 2. The lowest BCUT2D eigenvalue weighted by Gasteiger charge is -2.11. The summed E-state index contributed by atoms with van der Waals surface area (Å²) in [4.78, 5) is 8.60. The van der Waals surface area contributed by atoms with Gasteiger partial charge in [0.2, 0.25) is 5.95 Å². The summed E-state index contributed by atoms with van der Waals surface area (Å²) in [7, 11) is 0. The average molecular weight is 238 g/mol. The lowest BCUT2D eigenvalue weighted by Crippen LogP contribution is -2.14. The zero-order valence-electron chi connectivity index (χ0n) is 10.8. The van der Waals surface area contributed by atoms with Crippen LogP contribution in [0.1, 0.15) is 32.4 Å². The third-order valence-corrected chi connectivity index (χ3v) is 2.44. The summed E-state index contributed by atoms with van der Waals surface area (Å²) in [5.41, 5.74) is 0.925. The summed E-state index contributed by atoms with van der Waals surface area (Å²) in [5, 5.41) is 15.7. The van der Waals surface area contributed by atoms with Crippen LogP contribution in [-0.2, 0) is 0 Å². The van der Waals surface area contributed by atoms with E-state index in [1.165, 1.54) is 0 Å². The minimum atomic E-state index is -0.237. The van der Waals surface area contributed by atoms with E-state index in [0.717, 1.165) is 37.4 Å². The smallest absolute Gasteiger partial charge is 0.224 e. The molecule has 0 bridgehead atoms. The van der Waals surface area contributed by atoms with Gasteiger partial charge in [-0.1, -0.05) is 6.92 Å². The van der Waals surface area contributed by atoms with E-state index in [4.69, 9.17) is 0 Å². The summed E-state index contributed by atoms with van der Waals surface area (Å²) in [6.07, 6.45) is 1.28. The number of hydrogen-bond acceptors (Lipinski definition) is 5.